The number of nitrogens with zero attached hydrogens (tertiary/aromatic N) is 2. The van der Waals surface area contributed by atoms with Crippen molar-refractivity contribution in [3.63, 3.8) is 0 Å². The fraction of sp³-hybridized carbons (Fsp3) is 0.500. The predicted molar refractivity (Wildman–Crippen MR) is 118 cm³/mol. The van der Waals surface area contributed by atoms with E-state index < -0.39 is 0 Å². The molecule has 0 N–H and O–H groups in total. The van der Waals surface area contributed by atoms with Crippen molar-refractivity contribution < 1.29 is 18.9 Å². The maximum Gasteiger partial charge on any atom is 0.161 e. The zero-order valence-electron chi connectivity index (χ0n) is 18.0. The lowest BCUT2D eigenvalue weighted by Gasteiger charge is -2.29. The summed E-state index contributed by atoms with van der Waals surface area (Å²) in [7, 11) is 3.35. The van der Waals surface area contributed by atoms with Gasteiger partial charge in [0, 0.05) is 51.4 Å². The molecule has 6 heteroatoms. The summed E-state index contributed by atoms with van der Waals surface area (Å²) < 4.78 is 22.0. The average Bonchev–Trinajstić information content (AvgIpc) is 3.12. The summed E-state index contributed by atoms with van der Waals surface area (Å²) in [4.78, 5) is 5.02. The van der Waals surface area contributed by atoms with E-state index in [4.69, 9.17) is 18.9 Å². The molecule has 0 saturated carbocycles. The van der Waals surface area contributed by atoms with E-state index in [-0.39, 0.29) is 0 Å². The molecule has 2 heterocycles. The van der Waals surface area contributed by atoms with Crippen LogP contribution in [0.4, 0.5) is 5.69 Å². The first-order valence-electron chi connectivity index (χ1n) is 10.7. The molecular weight excluding hydrogens is 380 g/mol. The van der Waals surface area contributed by atoms with E-state index in [1.54, 1.807) is 14.2 Å². The van der Waals surface area contributed by atoms with Gasteiger partial charge >= 0.3 is 0 Å². The van der Waals surface area contributed by atoms with Gasteiger partial charge in [-0.15, -0.1) is 0 Å². The molecule has 162 valence electrons. The second-order valence-electron chi connectivity index (χ2n) is 7.88. The monoisotopic (exact) mass is 412 g/mol. The Balaban J connectivity index is 1.48. The Morgan fingerprint density at radius 2 is 1.83 bits per heavy atom. The molecule has 2 aromatic rings. The molecule has 0 bridgehead atoms. The van der Waals surface area contributed by atoms with Crippen LogP contribution in [0, 0.1) is 0 Å². The van der Waals surface area contributed by atoms with Gasteiger partial charge in [0.05, 0.1) is 26.9 Å². The Morgan fingerprint density at radius 3 is 2.63 bits per heavy atom. The normalized spacial score (nSPS) is 19.0. The summed E-state index contributed by atoms with van der Waals surface area (Å²) in [5.41, 5.74) is 4.01. The molecule has 2 aliphatic rings. The first-order valence-corrected chi connectivity index (χ1v) is 10.7. The third-order valence-electron chi connectivity index (χ3n) is 5.89. The van der Waals surface area contributed by atoms with Gasteiger partial charge in [0.1, 0.15) is 6.61 Å². The van der Waals surface area contributed by atoms with Gasteiger partial charge in [0.15, 0.2) is 11.5 Å². The molecule has 0 amide bonds. The van der Waals surface area contributed by atoms with Gasteiger partial charge in [-0.2, -0.15) is 0 Å². The molecule has 1 fully saturated rings. The number of ether oxygens (including phenoxy) is 4. The standard InChI is InChI=1S/C24H32N2O4/c1-27-13-14-30-24-15-19(7-8-23(24)28-2)16-26-18-20(17-25-9-11-29-12-10-25)21-5-3-4-6-22(21)26/h3-8,15,20H,9-14,16-18H2,1-2H3/t20-/m0/s1. The smallest absolute Gasteiger partial charge is 0.161 e. The molecule has 6 nitrogen and oxygen atoms in total. The Kier molecular flexibility index (Phi) is 7.10. The molecule has 1 atom stereocenters. The molecule has 0 aromatic heterocycles. The van der Waals surface area contributed by atoms with E-state index in [1.165, 1.54) is 16.8 Å². The number of hydrogen-bond donors (Lipinski definition) is 0. The zero-order valence-corrected chi connectivity index (χ0v) is 18.0. The van der Waals surface area contributed by atoms with E-state index in [1.807, 2.05) is 6.07 Å². The van der Waals surface area contributed by atoms with Crippen LogP contribution in [0.5, 0.6) is 11.5 Å². The number of benzene rings is 2. The lowest BCUT2D eigenvalue weighted by molar-refractivity contribution is 0.0356. The van der Waals surface area contributed by atoms with Crippen LogP contribution in [-0.4, -0.2) is 71.7 Å². The van der Waals surface area contributed by atoms with Gasteiger partial charge in [0.25, 0.3) is 0 Å². The van der Waals surface area contributed by atoms with Crippen molar-refractivity contribution in [2.45, 2.75) is 12.5 Å². The van der Waals surface area contributed by atoms with E-state index in [9.17, 15) is 0 Å². The summed E-state index contributed by atoms with van der Waals surface area (Å²) in [5.74, 6) is 2.04. The van der Waals surface area contributed by atoms with Crippen molar-refractivity contribution >= 4 is 5.69 Å². The molecule has 0 aliphatic carbocycles. The van der Waals surface area contributed by atoms with Gasteiger partial charge in [0.2, 0.25) is 0 Å². The van der Waals surface area contributed by atoms with Crippen LogP contribution in [0.2, 0.25) is 0 Å². The summed E-state index contributed by atoms with van der Waals surface area (Å²) in [6.45, 7) is 7.76. The van der Waals surface area contributed by atoms with Crippen LogP contribution in [0.15, 0.2) is 42.5 Å². The second kappa shape index (κ2) is 10.2. The highest BCUT2D eigenvalue weighted by Gasteiger charge is 2.30. The molecule has 0 radical (unpaired) electrons. The van der Waals surface area contributed by atoms with Crippen molar-refractivity contribution in [3.05, 3.63) is 53.6 Å². The highest BCUT2D eigenvalue weighted by molar-refractivity contribution is 5.61. The number of hydrogen-bond acceptors (Lipinski definition) is 6. The summed E-state index contributed by atoms with van der Waals surface area (Å²) in [5, 5.41) is 0. The number of fused-ring (bicyclic) bond motifs is 1. The predicted octanol–water partition coefficient (Wildman–Crippen LogP) is 3.16. The second-order valence-corrected chi connectivity index (χ2v) is 7.88. The van der Waals surface area contributed by atoms with Crippen LogP contribution < -0.4 is 14.4 Å². The first-order chi connectivity index (χ1) is 14.8. The van der Waals surface area contributed by atoms with Crippen LogP contribution in [0.1, 0.15) is 17.0 Å². The van der Waals surface area contributed by atoms with Gasteiger partial charge in [-0.05, 0) is 29.3 Å². The van der Waals surface area contributed by atoms with Crippen LogP contribution >= 0.6 is 0 Å². The molecular formula is C24H32N2O4. The van der Waals surface area contributed by atoms with Crippen molar-refractivity contribution in [2.75, 3.05) is 71.7 Å². The van der Waals surface area contributed by atoms with Crippen LogP contribution in [0.3, 0.4) is 0 Å². The van der Waals surface area contributed by atoms with Crippen LogP contribution in [0.25, 0.3) is 0 Å². The molecule has 2 aromatic carbocycles. The fourth-order valence-corrected chi connectivity index (χ4v) is 4.37. The topological polar surface area (TPSA) is 43.4 Å². The highest BCUT2D eigenvalue weighted by Crippen LogP contribution is 2.38. The first kappa shape index (κ1) is 21.0. The third kappa shape index (κ3) is 4.89. The third-order valence-corrected chi connectivity index (χ3v) is 5.89. The Bertz CT molecular complexity index is 823. The van der Waals surface area contributed by atoms with E-state index in [2.05, 4.69) is 46.2 Å². The number of anilines is 1. The Labute approximate surface area is 179 Å². The highest BCUT2D eigenvalue weighted by atomic mass is 16.5. The number of methoxy groups -OCH3 is 2. The summed E-state index contributed by atoms with van der Waals surface area (Å²) in [6.07, 6.45) is 0. The summed E-state index contributed by atoms with van der Waals surface area (Å²) in [6, 6.07) is 15.0. The van der Waals surface area contributed by atoms with Gasteiger partial charge in [-0.25, -0.2) is 0 Å². The van der Waals surface area contributed by atoms with Crippen molar-refractivity contribution in [2.24, 2.45) is 0 Å². The largest absolute Gasteiger partial charge is 0.493 e. The lowest BCUT2D eigenvalue weighted by Crippen LogP contribution is -2.39. The van der Waals surface area contributed by atoms with Gasteiger partial charge in [-0.1, -0.05) is 24.3 Å². The minimum atomic E-state index is 0.504. The average molecular weight is 413 g/mol. The molecule has 1 saturated heterocycles. The van der Waals surface area contributed by atoms with Crippen molar-refractivity contribution in [1.82, 2.24) is 4.90 Å². The molecule has 2 aliphatic heterocycles. The lowest BCUT2D eigenvalue weighted by atomic mass is 10.0. The number of para-hydroxylation sites is 1. The van der Waals surface area contributed by atoms with Crippen molar-refractivity contribution in [1.29, 1.82) is 0 Å². The van der Waals surface area contributed by atoms with Gasteiger partial charge in [-0.3, -0.25) is 4.90 Å². The number of rotatable bonds is 9. The van der Waals surface area contributed by atoms with E-state index in [0.29, 0.717) is 19.1 Å². The maximum absolute atomic E-state index is 5.88. The molecule has 4 rings (SSSR count). The minimum Gasteiger partial charge on any atom is -0.493 e. The van der Waals surface area contributed by atoms with Crippen LogP contribution in [-0.2, 0) is 16.0 Å². The fourth-order valence-electron chi connectivity index (χ4n) is 4.37. The molecule has 0 unspecified atom stereocenters. The van der Waals surface area contributed by atoms with E-state index in [0.717, 1.165) is 57.4 Å². The van der Waals surface area contributed by atoms with Gasteiger partial charge < -0.3 is 23.8 Å². The number of morpholine rings is 1. The molecule has 0 spiro atoms. The maximum atomic E-state index is 5.88. The SMILES string of the molecule is COCCOc1cc(CN2C[C@H](CN3CCOCC3)c3ccccc32)ccc1OC. The van der Waals surface area contributed by atoms with Crippen molar-refractivity contribution in [3.8, 4) is 11.5 Å². The van der Waals surface area contributed by atoms with E-state index >= 15 is 0 Å². The zero-order chi connectivity index (χ0) is 20.8. The quantitative estimate of drug-likeness (QED) is 0.590. The minimum absolute atomic E-state index is 0.504. The Hall–Kier alpha value is -2.28. The molecule has 30 heavy (non-hydrogen) atoms. The summed E-state index contributed by atoms with van der Waals surface area (Å²) >= 11 is 0. The Morgan fingerprint density at radius 1 is 1.00 bits per heavy atom.